The van der Waals surface area contributed by atoms with Crippen molar-refractivity contribution in [1.29, 1.82) is 0 Å². The van der Waals surface area contributed by atoms with Crippen molar-refractivity contribution in [3.05, 3.63) is 53.7 Å². The summed E-state index contributed by atoms with van der Waals surface area (Å²) in [6.07, 6.45) is 4.81. The fourth-order valence-corrected chi connectivity index (χ4v) is 4.96. The lowest BCUT2D eigenvalue weighted by atomic mass is 10.0. The zero-order chi connectivity index (χ0) is 18.6. The molecule has 0 spiro atoms. The number of urea groups is 1. The van der Waals surface area contributed by atoms with Crippen LogP contribution in [0.5, 0.6) is 0 Å². The lowest BCUT2D eigenvalue weighted by Crippen LogP contribution is -2.43. The van der Waals surface area contributed by atoms with E-state index in [2.05, 4.69) is 15.5 Å². The first-order chi connectivity index (χ1) is 13.2. The minimum absolute atomic E-state index is 0.0416. The number of benzene rings is 1. The molecule has 0 aliphatic carbocycles. The molecule has 1 aromatic carbocycles. The Morgan fingerprint density at radius 1 is 1.33 bits per heavy atom. The van der Waals surface area contributed by atoms with Crippen molar-refractivity contribution in [2.24, 2.45) is 0 Å². The van der Waals surface area contributed by atoms with Crippen LogP contribution in [-0.2, 0) is 0 Å². The summed E-state index contributed by atoms with van der Waals surface area (Å²) in [5.41, 5.74) is 0.864. The number of likely N-dealkylation sites (tertiary alicyclic amines) is 1. The van der Waals surface area contributed by atoms with Gasteiger partial charge in [0.05, 0.1) is 18.3 Å². The average Bonchev–Trinajstić information content (AvgIpc) is 3.37. The van der Waals surface area contributed by atoms with Crippen LogP contribution in [0.4, 0.5) is 9.18 Å². The van der Waals surface area contributed by atoms with Crippen molar-refractivity contribution >= 4 is 17.8 Å². The highest BCUT2D eigenvalue weighted by molar-refractivity contribution is 7.99. The Hall–Kier alpha value is -1.99. The summed E-state index contributed by atoms with van der Waals surface area (Å²) < 4.78 is 19.2. The first kappa shape index (κ1) is 18.4. The fraction of sp³-hybridized carbons (Fsp3) is 0.450. The standard InChI is InChI=1S/C20H24FN3O2S/c21-14-5-6-19-15(12-14)16(7-11-27-19)23-20(25)22-13-17(18-4-3-10-26-18)24-8-1-2-9-24/h3-6,10,12,16-17H,1-2,7-9,11,13H2,(H2,22,23,25). The first-order valence-corrected chi connectivity index (χ1v) is 10.4. The summed E-state index contributed by atoms with van der Waals surface area (Å²) in [6, 6.07) is 8.29. The number of carbonyl (C=O) groups is 1. The normalized spacial score (nSPS) is 20.9. The molecule has 0 bridgehead atoms. The van der Waals surface area contributed by atoms with Crippen LogP contribution in [-0.4, -0.2) is 36.3 Å². The van der Waals surface area contributed by atoms with Crippen LogP contribution in [0.3, 0.4) is 0 Å². The maximum absolute atomic E-state index is 13.6. The average molecular weight is 389 g/mol. The smallest absolute Gasteiger partial charge is 0.315 e. The second-order valence-corrected chi connectivity index (χ2v) is 8.14. The molecule has 1 aromatic heterocycles. The van der Waals surface area contributed by atoms with Crippen molar-refractivity contribution in [3.63, 3.8) is 0 Å². The van der Waals surface area contributed by atoms with Gasteiger partial charge in [-0.1, -0.05) is 0 Å². The number of thioether (sulfide) groups is 1. The third kappa shape index (κ3) is 4.30. The highest BCUT2D eigenvalue weighted by Gasteiger charge is 2.27. The highest BCUT2D eigenvalue weighted by atomic mass is 32.2. The minimum Gasteiger partial charge on any atom is -0.468 e. The number of nitrogens with zero attached hydrogens (tertiary/aromatic N) is 1. The Morgan fingerprint density at radius 2 is 2.19 bits per heavy atom. The van der Waals surface area contributed by atoms with Crippen molar-refractivity contribution in [3.8, 4) is 0 Å². The van der Waals surface area contributed by atoms with E-state index in [4.69, 9.17) is 4.42 Å². The topological polar surface area (TPSA) is 57.5 Å². The van der Waals surface area contributed by atoms with Gasteiger partial charge >= 0.3 is 6.03 Å². The summed E-state index contributed by atoms with van der Waals surface area (Å²) in [5.74, 6) is 1.51. The lowest BCUT2D eigenvalue weighted by molar-refractivity contribution is 0.202. The van der Waals surface area contributed by atoms with E-state index in [1.807, 2.05) is 12.1 Å². The molecule has 4 rings (SSSR count). The van der Waals surface area contributed by atoms with Crippen LogP contribution >= 0.6 is 11.8 Å². The van der Waals surface area contributed by atoms with Gasteiger partial charge in [0.2, 0.25) is 0 Å². The predicted molar refractivity (Wildman–Crippen MR) is 103 cm³/mol. The third-order valence-electron chi connectivity index (χ3n) is 5.23. The van der Waals surface area contributed by atoms with Gasteiger partial charge in [-0.2, -0.15) is 0 Å². The van der Waals surface area contributed by atoms with E-state index in [-0.39, 0.29) is 23.9 Å². The van der Waals surface area contributed by atoms with Gasteiger partial charge in [0.1, 0.15) is 11.6 Å². The Bertz CT molecular complexity index is 778. The van der Waals surface area contributed by atoms with Gasteiger partial charge in [-0.15, -0.1) is 11.8 Å². The molecule has 7 heteroatoms. The quantitative estimate of drug-likeness (QED) is 0.809. The third-order valence-corrected chi connectivity index (χ3v) is 6.35. The van der Waals surface area contributed by atoms with E-state index >= 15 is 0 Å². The second kappa shape index (κ2) is 8.35. The molecule has 2 aromatic rings. The molecule has 0 saturated carbocycles. The largest absolute Gasteiger partial charge is 0.468 e. The Morgan fingerprint density at radius 3 is 2.96 bits per heavy atom. The van der Waals surface area contributed by atoms with Crippen LogP contribution in [0.2, 0.25) is 0 Å². The van der Waals surface area contributed by atoms with Gasteiger partial charge in [-0.05, 0) is 68.2 Å². The van der Waals surface area contributed by atoms with E-state index in [1.165, 1.54) is 25.0 Å². The second-order valence-electron chi connectivity index (χ2n) is 7.00. The number of hydrogen-bond donors (Lipinski definition) is 2. The SMILES string of the molecule is O=C(NCC(c1ccco1)N1CCCC1)NC1CCSc2ccc(F)cc21. The Kier molecular flexibility index (Phi) is 5.69. The molecule has 2 aliphatic heterocycles. The molecule has 1 fully saturated rings. The molecular formula is C20H24FN3O2S. The highest BCUT2D eigenvalue weighted by Crippen LogP contribution is 2.36. The van der Waals surface area contributed by atoms with Gasteiger partial charge in [0.15, 0.2) is 0 Å². The van der Waals surface area contributed by atoms with Crippen LogP contribution in [0.1, 0.15) is 42.7 Å². The number of halogens is 1. The molecule has 5 nitrogen and oxygen atoms in total. The number of nitrogens with one attached hydrogen (secondary N) is 2. The molecule has 2 amide bonds. The molecule has 144 valence electrons. The van der Waals surface area contributed by atoms with E-state index < -0.39 is 0 Å². The van der Waals surface area contributed by atoms with Crippen LogP contribution in [0, 0.1) is 5.82 Å². The van der Waals surface area contributed by atoms with Gasteiger partial charge in [0, 0.05) is 17.2 Å². The van der Waals surface area contributed by atoms with Crippen molar-refractivity contribution in [1.82, 2.24) is 15.5 Å². The number of amides is 2. The number of hydrogen-bond acceptors (Lipinski definition) is 4. The lowest BCUT2D eigenvalue weighted by Gasteiger charge is -2.28. The summed E-state index contributed by atoms with van der Waals surface area (Å²) in [5, 5.41) is 6.00. The molecule has 2 N–H and O–H groups in total. The van der Waals surface area contributed by atoms with E-state index in [9.17, 15) is 9.18 Å². The van der Waals surface area contributed by atoms with E-state index in [1.54, 1.807) is 24.1 Å². The Labute approximate surface area is 162 Å². The maximum atomic E-state index is 13.6. The Balaban J connectivity index is 1.39. The molecule has 3 heterocycles. The van der Waals surface area contributed by atoms with Crippen LogP contribution in [0.25, 0.3) is 0 Å². The molecule has 2 unspecified atom stereocenters. The fourth-order valence-electron chi connectivity index (χ4n) is 3.86. The molecule has 2 aliphatic rings. The maximum Gasteiger partial charge on any atom is 0.315 e. The molecule has 0 radical (unpaired) electrons. The first-order valence-electron chi connectivity index (χ1n) is 9.45. The molecule has 27 heavy (non-hydrogen) atoms. The van der Waals surface area contributed by atoms with Gasteiger partial charge < -0.3 is 15.1 Å². The van der Waals surface area contributed by atoms with Gasteiger partial charge in [-0.3, -0.25) is 4.90 Å². The van der Waals surface area contributed by atoms with Crippen molar-refractivity contribution in [2.75, 3.05) is 25.4 Å². The van der Waals surface area contributed by atoms with Crippen molar-refractivity contribution in [2.45, 2.75) is 36.2 Å². The molecule has 2 atom stereocenters. The van der Waals surface area contributed by atoms with Gasteiger partial charge in [-0.25, -0.2) is 9.18 Å². The zero-order valence-electron chi connectivity index (χ0n) is 15.1. The molecule has 1 saturated heterocycles. The van der Waals surface area contributed by atoms with E-state index in [0.717, 1.165) is 41.5 Å². The minimum atomic E-state index is -0.268. The number of furan rings is 1. The van der Waals surface area contributed by atoms with Crippen LogP contribution < -0.4 is 10.6 Å². The van der Waals surface area contributed by atoms with Crippen molar-refractivity contribution < 1.29 is 13.6 Å². The number of rotatable bonds is 5. The number of carbonyl (C=O) groups excluding carboxylic acids is 1. The summed E-state index contributed by atoms with van der Waals surface area (Å²) >= 11 is 1.70. The summed E-state index contributed by atoms with van der Waals surface area (Å²) in [4.78, 5) is 15.9. The monoisotopic (exact) mass is 389 g/mol. The summed E-state index contributed by atoms with van der Waals surface area (Å²) in [6.45, 7) is 2.51. The number of fused-ring (bicyclic) bond motifs is 1. The zero-order valence-corrected chi connectivity index (χ0v) is 15.9. The summed E-state index contributed by atoms with van der Waals surface area (Å²) in [7, 11) is 0. The van der Waals surface area contributed by atoms with E-state index in [0.29, 0.717) is 6.54 Å². The molecular weight excluding hydrogens is 365 g/mol. The van der Waals surface area contributed by atoms with Crippen LogP contribution in [0.15, 0.2) is 45.9 Å². The van der Waals surface area contributed by atoms with Gasteiger partial charge in [0.25, 0.3) is 0 Å². The predicted octanol–water partition coefficient (Wildman–Crippen LogP) is 4.09.